The predicted octanol–water partition coefficient (Wildman–Crippen LogP) is 4.56. The molecule has 0 amide bonds. The molecule has 0 fully saturated rings. The molecule has 176 valence electrons. The number of methoxy groups -OCH3 is 1. The van der Waals surface area contributed by atoms with Crippen LogP contribution in [-0.4, -0.2) is 44.3 Å². The summed E-state index contributed by atoms with van der Waals surface area (Å²) in [6, 6.07) is 18.4. The number of rotatable bonds is 11. The molecular weight excluding hydrogens is 468 g/mol. The number of hydrogen-bond donors (Lipinski definition) is 2. The van der Waals surface area contributed by atoms with Crippen molar-refractivity contribution in [3.8, 4) is 17.0 Å². The van der Waals surface area contributed by atoms with Crippen molar-refractivity contribution >= 4 is 32.7 Å². The third-order valence-electron chi connectivity index (χ3n) is 5.18. The highest BCUT2D eigenvalue weighted by Crippen LogP contribution is 2.23. The second-order valence-corrected chi connectivity index (χ2v) is 10.7. The fourth-order valence-corrected chi connectivity index (χ4v) is 5.29. The smallest absolute Gasteiger partial charge is 0.212 e. The van der Waals surface area contributed by atoms with Crippen LogP contribution in [0.5, 0.6) is 5.88 Å². The fourth-order valence-electron chi connectivity index (χ4n) is 3.34. The van der Waals surface area contributed by atoms with Crippen LogP contribution in [0.25, 0.3) is 11.1 Å². The Morgan fingerprint density at radius 1 is 0.941 bits per heavy atom. The minimum Gasteiger partial charge on any atom is -0.481 e. The highest BCUT2D eigenvalue weighted by Gasteiger charge is 2.14. The molecule has 0 aliphatic heterocycles. The first-order valence-electron chi connectivity index (χ1n) is 10.8. The molecule has 0 aliphatic carbocycles. The highest BCUT2D eigenvalue weighted by atomic mass is 32.2. The maximum Gasteiger partial charge on any atom is 0.212 e. The number of aromatic nitrogens is 2. The molecule has 0 aliphatic rings. The van der Waals surface area contributed by atoms with Crippen LogP contribution in [0.1, 0.15) is 4.88 Å². The molecule has 0 saturated carbocycles. The van der Waals surface area contributed by atoms with Gasteiger partial charge in [0, 0.05) is 46.7 Å². The molecular formula is C25H26N4O3S2. The Hall–Kier alpha value is -3.27. The summed E-state index contributed by atoms with van der Waals surface area (Å²) in [5.74, 6) is 1.22. The summed E-state index contributed by atoms with van der Waals surface area (Å²) in [6.07, 6.45) is 4.38. The van der Waals surface area contributed by atoms with Gasteiger partial charge in [-0.15, -0.1) is 11.3 Å². The van der Waals surface area contributed by atoms with Crippen molar-refractivity contribution in [1.29, 1.82) is 0 Å². The fraction of sp³-hybridized carbons (Fsp3) is 0.200. The number of anilines is 2. The van der Waals surface area contributed by atoms with Crippen LogP contribution in [0.3, 0.4) is 0 Å². The zero-order valence-corrected chi connectivity index (χ0v) is 20.4. The molecule has 0 radical (unpaired) electrons. The summed E-state index contributed by atoms with van der Waals surface area (Å²) < 4.78 is 30.6. The number of nitrogens with one attached hydrogen (secondary N) is 2. The van der Waals surface area contributed by atoms with Gasteiger partial charge in [0.25, 0.3) is 0 Å². The molecule has 0 spiro atoms. The van der Waals surface area contributed by atoms with Crippen molar-refractivity contribution < 1.29 is 13.2 Å². The molecule has 0 bridgehead atoms. The van der Waals surface area contributed by atoms with E-state index in [9.17, 15) is 8.42 Å². The van der Waals surface area contributed by atoms with E-state index in [-0.39, 0.29) is 5.75 Å². The molecule has 0 atom stereocenters. The lowest BCUT2D eigenvalue weighted by molar-refractivity contribution is 0.398. The Bertz CT molecular complexity index is 1290. The molecule has 3 heterocycles. The Kier molecular flexibility index (Phi) is 7.89. The average molecular weight is 495 g/mol. The van der Waals surface area contributed by atoms with Crippen molar-refractivity contribution in [2.45, 2.75) is 11.3 Å². The lowest BCUT2D eigenvalue weighted by atomic mass is 10.1. The SMILES string of the molecule is COc1ccc(-c2ccc(Nc3cccc(S(=O)(=O)CCNCCc4cccs4)c3)nc2)cn1. The Labute approximate surface area is 203 Å². The number of ether oxygens (including phenoxy) is 1. The Balaban J connectivity index is 1.34. The second kappa shape index (κ2) is 11.2. The monoisotopic (exact) mass is 494 g/mol. The molecule has 1 aromatic carbocycles. The first-order chi connectivity index (χ1) is 16.5. The zero-order chi connectivity index (χ0) is 23.8. The van der Waals surface area contributed by atoms with Crippen LogP contribution in [0.15, 0.2) is 83.3 Å². The topological polar surface area (TPSA) is 93.2 Å². The predicted molar refractivity (Wildman–Crippen MR) is 137 cm³/mol. The van der Waals surface area contributed by atoms with Gasteiger partial charge in [-0.05, 0) is 60.8 Å². The minimum atomic E-state index is -3.40. The summed E-state index contributed by atoms with van der Waals surface area (Å²) in [7, 11) is -1.82. The Morgan fingerprint density at radius 3 is 2.44 bits per heavy atom. The number of hydrogen-bond acceptors (Lipinski definition) is 8. The van der Waals surface area contributed by atoms with Gasteiger partial charge in [-0.2, -0.15) is 0 Å². The Morgan fingerprint density at radius 2 is 1.76 bits per heavy atom. The van der Waals surface area contributed by atoms with Gasteiger partial charge in [-0.1, -0.05) is 12.1 Å². The van der Waals surface area contributed by atoms with E-state index in [1.54, 1.807) is 55.1 Å². The standard InChI is InChI=1S/C25H26N4O3S2/c1-32-25-10-8-20(18-28-25)19-7-9-24(27-17-19)29-21-4-2-6-23(16-21)34(30,31)15-13-26-12-11-22-5-3-14-33-22/h2-10,14,16-18,26H,11-13,15H2,1H3,(H,27,29). The minimum absolute atomic E-state index is 0.0454. The normalized spacial score (nSPS) is 11.3. The van der Waals surface area contributed by atoms with Gasteiger partial charge in [0.15, 0.2) is 9.84 Å². The molecule has 2 N–H and O–H groups in total. The molecule has 9 heteroatoms. The first-order valence-corrected chi connectivity index (χ1v) is 13.4. The highest BCUT2D eigenvalue weighted by molar-refractivity contribution is 7.91. The molecule has 4 aromatic rings. The van der Waals surface area contributed by atoms with Crippen molar-refractivity contribution in [2.24, 2.45) is 0 Å². The van der Waals surface area contributed by atoms with Crippen LogP contribution in [0, 0.1) is 0 Å². The van der Waals surface area contributed by atoms with Crippen LogP contribution < -0.4 is 15.4 Å². The molecule has 3 aromatic heterocycles. The zero-order valence-electron chi connectivity index (χ0n) is 18.8. The molecule has 7 nitrogen and oxygen atoms in total. The van der Waals surface area contributed by atoms with Gasteiger partial charge >= 0.3 is 0 Å². The quantitative estimate of drug-likeness (QED) is 0.295. The molecule has 0 unspecified atom stereocenters. The van der Waals surface area contributed by atoms with Gasteiger partial charge in [0.1, 0.15) is 5.82 Å². The van der Waals surface area contributed by atoms with E-state index in [0.29, 0.717) is 28.8 Å². The lowest BCUT2D eigenvalue weighted by Crippen LogP contribution is -2.24. The molecule has 4 rings (SSSR count). The van der Waals surface area contributed by atoms with E-state index in [1.165, 1.54) is 4.88 Å². The third kappa shape index (κ3) is 6.40. The summed E-state index contributed by atoms with van der Waals surface area (Å²) in [5.41, 5.74) is 2.51. The number of nitrogens with zero attached hydrogens (tertiary/aromatic N) is 2. The third-order valence-corrected chi connectivity index (χ3v) is 7.83. The van der Waals surface area contributed by atoms with Crippen molar-refractivity contribution in [1.82, 2.24) is 15.3 Å². The van der Waals surface area contributed by atoms with E-state index < -0.39 is 9.84 Å². The summed E-state index contributed by atoms with van der Waals surface area (Å²) in [6.45, 7) is 1.17. The van der Waals surface area contributed by atoms with E-state index in [1.807, 2.05) is 35.7 Å². The number of thiophene rings is 1. The maximum absolute atomic E-state index is 12.8. The van der Waals surface area contributed by atoms with E-state index in [4.69, 9.17) is 4.74 Å². The van der Waals surface area contributed by atoms with Crippen LogP contribution in [-0.2, 0) is 16.3 Å². The van der Waals surface area contributed by atoms with E-state index >= 15 is 0 Å². The van der Waals surface area contributed by atoms with E-state index in [0.717, 1.165) is 24.1 Å². The molecule has 34 heavy (non-hydrogen) atoms. The van der Waals surface area contributed by atoms with Crippen molar-refractivity contribution in [3.05, 3.63) is 83.3 Å². The summed E-state index contributed by atoms with van der Waals surface area (Å²) in [4.78, 5) is 10.2. The van der Waals surface area contributed by atoms with Gasteiger partial charge in [-0.25, -0.2) is 18.4 Å². The van der Waals surface area contributed by atoms with Crippen molar-refractivity contribution in [3.63, 3.8) is 0 Å². The van der Waals surface area contributed by atoms with Crippen LogP contribution in [0.4, 0.5) is 11.5 Å². The summed E-state index contributed by atoms with van der Waals surface area (Å²) >= 11 is 1.71. The van der Waals surface area contributed by atoms with Crippen molar-refractivity contribution in [2.75, 3.05) is 31.3 Å². The number of sulfone groups is 1. The summed E-state index contributed by atoms with van der Waals surface area (Å²) in [5, 5.41) is 8.44. The molecule has 0 saturated heterocycles. The number of pyridine rings is 2. The first kappa shape index (κ1) is 23.9. The van der Waals surface area contributed by atoms with Gasteiger partial charge in [0.2, 0.25) is 5.88 Å². The largest absolute Gasteiger partial charge is 0.481 e. The van der Waals surface area contributed by atoms with Gasteiger partial charge < -0.3 is 15.4 Å². The average Bonchev–Trinajstić information content (AvgIpc) is 3.38. The second-order valence-electron chi connectivity index (χ2n) is 7.57. The van der Waals surface area contributed by atoms with E-state index in [2.05, 4.69) is 26.7 Å². The number of benzene rings is 1. The van der Waals surface area contributed by atoms with Crippen LogP contribution >= 0.6 is 11.3 Å². The van der Waals surface area contributed by atoms with Gasteiger partial charge in [0.05, 0.1) is 17.8 Å². The lowest BCUT2D eigenvalue weighted by Gasteiger charge is -2.10. The maximum atomic E-state index is 12.8. The van der Waals surface area contributed by atoms with Gasteiger partial charge in [-0.3, -0.25) is 0 Å². The van der Waals surface area contributed by atoms with Crippen LogP contribution in [0.2, 0.25) is 0 Å².